The van der Waals surface area contributed by atoms with Crippen LogP contribution in [0.15, 0.2) is 0 Å². The van der Waals surface area contributed by atoms with Gasteiger partial charge in [-0.25, -0.2) is 0 Å². The van der Waals surface area contributed by atoms with Crippen molar-refractivity contribution < 1.29 is 14.6 Å². The molecule has 2 atom stereocenters. The van der Waals surface area contributed by atoms with E-state index in [0.29, 0.717) is 11.8 Å². The lowest BCUT2D eigenvalue weighted by Crippen LogP contribution is -2.33. The molecule has 2 rings (SSSR count). The zero-order valence-corrected chi connectivity index (χ0v) is 10.7. The molecule has 0 saturated heterocycles. The Morgan fingerprint density at radius 3 is 2.41 bits per heavy atom. The molecule has 0 heterocycles. The summed E-state index contributed by atoms with van der Waals surface area (Å²) in [7, 11) is 1.43. The van der Waals surface area contributed by atoms with Crippen molar-refractivity contribution in [3.63, 3.8) is 0 Å². The van der Waals surface area contributed by atoms with Crippen LogP contribution in [-0.4, -0.2) is 24.3 Å². The molecule has 0 spiro atoms. The van der Waals surface area contributed by atoms with E-state index in [1.807, 2.05) is 0 Å². The van der Waals surface area contributed by atoms with E-state index in [4.69, 9.17) is 4.74 Å². The number of aliphatic hydroxyl groups excluding tert-OH is 1. The Bertz CT molecular complexity index is 254. The van der Waals surface area contributed by atoms with Gasteiger partial charge in [0, 0.05) is 0 Å². The molecule has 2 fully saturated rings. The van der Waals surface area contributed by atoms with Gasteiger partial charge in [-0.3, -0.25) is 4.79 Å². The Morgan fingerprint density at radius 2 is 1.88 bits per heavy atom. The summed E-state index contributed by atoms with van der Waals surface area (Å²) in [5.41, 5.74) is 0. The van der Waals surface area contributed by atoms with Crippen molar-refractivity contribution in [3.05, 3.63) is 0 Å². The summed E-state index contributed by atoms with van der Waals surface area (Å²) in [4.78, 5) is 11.8. The van der Waals surface area contributed by atoms with Crippen LogP contribution in [-0.2, 0) is 9.53 Å². The Kier molecular flexibility index (Phi) is 4.43. The fourth-order valence-corrected chi connectivity index (χ4v) is 3.07. The lowest BCUT2D eigenvalue weighted by Gasteiger charge is -2.27. The number of carbonyl (C=O) groups is 1. The maximum Gasteiger partial charge on any atom is 0.311 e. The molecule has 0 aromatic rings. The van der Waals surface area contributed by atoms with E-state index in [1.165, 1.54) is 39.2 Å². The van der Waals surface area contributed by atoms with Crippen molar-refractivity contribution in [2.24, 2.45) is 17.8 Å². The molecule has 3 heteroatoms. The van der Waals surface area contributed by atoms with Gasteiger partial charge in [0.2, 0.25) is 0 Å². The van der Waals surface area contributed by atoms with Crippen LogP contribution in [0.1, 0.15) is 51.4 Å². The Morgan fingerprint density at radius 1 is 1.24 bits per heavy atom. The van der Waals surface area contributed by atoms with Crippen molar-refractivity contribution >= 4 is 5.97 Å². The molecule has 0 aromatic heterocycles. The molecule has 2 aliphatic carbocycles. The van der Waals surface area contributed by atoms with E-state index in [9.17, 15) is 9.90 Å². The second kappa shape index (κ2) is 5.85. The van der Waals surface area contributed by atoms with Gasteiger partial charge < -0.3 is 9.84 Å². The van der Waals surface area contributed by atoms with Crippen LogP contribution in [0.25, 0.3) is 0 Å². The third-order valence-electron chi connectivity index (χ3n) is 4.33. The van der Waals surface area contributed by atoms with Crippen LogP contribution in [0.5, 0.6) is 0 Å². The van der Waals surface area contributed by atoms with Crippen molar-refractivity contribution in [2.75, 3.05) is 7.11 Å². The highest BCUT2D eigenvalue weighted by Gasteiger charge is 2.40. The monoisotopic (exact) mass is 240 g/mol. The standard InChI is InChI=1S/C14H24O3/c1-17-14(16)12(13(15)11-7-8-11)9-10-5-3-2-4-6-10/h10-13,15H,2-9H2,1H3/t12-,13-/m1/s1. The quantitative estimate of drug-likeness (QED) is 0.751. The van der Waals surface area contributed by atoms with E-state index in [2.05, 4.69) is 0 Å². The van der Waals surface area contributed by atoms with Crippen LogP contribution in [0.4, 0.5) is 0 Å². The topological polar surface area (TPSA) is 46.5 Å². The fourth-order valence-electron chi connectivity index (χ4n) is 3.07. The highest BCUT2D eigenvalue weighted by molar-refractivity contribution is 5.73. The number of aliphatic hydroxyl groups is 1. The number of methoxy groups -OCH3 is 1. The van der Waals surface area contributed by atoms with Crippen molar-refractivity contribution in [2.45, 2.75) is 57.5 Å². The largest absolute Gasteiger partial charge is 0.469 e. The molecule has 0 radical (unpaired) electrons. The van der Waals surface area contributed by atoms with Crippen LogP contribution < -0.4 is 0 Å². The van der Waals surface area contributed by atoms with Gasteiger partial charge in [0.15, 0.2) is 0 Å². The molecule has 2 saturated carbocycles. The Labute approximate surface area is 104 Å². The first-order chi connectivity index (χ1) is 8.22. The van der Waals surface area contributed by atoms with E-state index in [1.54, 1.807) is 0 Å². The Hall–Kier alpha value is -0.570. The third-order valence-corrected chi connectivity index (χ3v) is 4.33. The van der Waals surface area contributed by atoms with Crippen LogP contribution in [0.3, 0.4) is 0 Å². The van der Waals surface area contributed by atoms with Crippen LogP contribution in [0, 0.1) is 17.8 Å². The predicted octanol–water partition coefficient (Wildman–Crippen LogP) is 2.52. The molecule has 0 unspecified atom stereocenters. The average molecular weight is 240 g/mol. The summed E-state index contributed by atoms with van der Waals surface area (Å²) in [6.07, 6.45) is 8.80. The molecule has 17 heavy (non-hydrogen) atoms. The SMILES string of the molecule is COC(=O)[C@H](CC1CCCCC1)[C@H](O)C1CC1. The number of hydrogen-bond donors (Lipinski definition) is 1. The molecule has 1 N–H and O–H groups in total. The summed E-state index contributed by atoms with van der Waals surface area (Å²) in [6.45, 7) is 0. The minimum absolute atomic E-state index is 0.213. The second-order valence-corrected chi connectivity index (χ2v) is 5.70. The third kappa shape index (κ3) is 3.44. The summed E-state index contributed by atoms with van der Waals surface area (Å²) in [5, 5.41) is 10.2. The van der Waals surface area contributed by atoms with Crippen molar-refractivity contribution in [1.82, 2.24) is 0 Å². The number of esters is 1. The van der Waals surface area contributed by atoms with Gasteiger partial charge in [0.1, 0.15) is 0 Å². The lowest BCUT2D eigenvalue weighted by atomic mass is 9.80. The summed E-state index contributed by atoms with van der Waals surface area (Å²) in [6, 6.07) is 0. The molecular formula is C14H24O3. The molecule has 0 aliphatic heterocycles. The first-order valence-corrected chi connectivity index (χ1v) is 6.98. The zero-order chi connectivity index (χ0) is 12.3. The number of carbonyl (C=O) groups excluding carboxylic acids is 1. The zero-order valence-electron chi connectivity index (χ0n) is 10.7. The fraction of sp³-hybridized carbons (Fsp3) is 0.929. The van der Waals surface area contributed by atoms with Gasteiger partial charge in [-0.1, -0.05) is 32.1 Å². The van der Waals surface area contributed by atoms with Gasteiger partial charge in [-0.05, 0) is 31.1 Å². The van der Waals surface area contributed by atoms with Crippen molar-refractivity contribution in [3.8, 4) is 0 Å². The molecule has 0 amide bonds. The number of ether oxygens (including phenoxy) is 1. The van der Waals surface area contributed by atoms with Crippen LogP contribution >= 0.6 is 0 Å². The number of hydrogen-bond acceptors (Lipinski definition) is 3. The first kappa shape index (κ1) is 12.9. The predicted molar refractivity (Wildman–Crippen MR) is 65.4 cm³/mol. The molecule has 98 valence electrons. The van der Waals surface area contributed by atoms with Gasteiger partial charge in [-0.15, -0.1) is 0 Å². The molecular weight excluding hydrogens is 216 g/mol. The van der Waals surface area contributed by atoms with Gasteiger partial charge in [-0.2, -0.15) is 0 Å². The maximum atomic E-state index is 11.8. The summed E-state index contributed by atoms with van der Waals surface area (Å²) in [5.74, 6) is 0.467. The molecule has 3 nitrogen and oxygen atoms in total. The summed E-state index contributed by atoms with van der Waals surface area (Å²) < 4.78 is 4.85. The van der Waals surface area contributed by atoms with E-state index in [-0.39, 0.29) is 11.9 Å². The van der Waals surface area contributed by atoms with Crippen molar-refractivity contribution in [1.29, 1.82) is 0 Å². The smallest absolute Gasteiger partial charge is 0.311 e. The van der Waals surface area contributed by atoms with E-state index in [0.717, 1.165) is 19.3 Å². The average Bonchev–Trinajstić information content (AvgIpc) is 3.20. The Balaban J connectivity index is 1.91. The highest BCUT2D eigenvalue weighted by Crippen LogP contribution is 2.39. The second-order valence-electron chi connectivity index (χ2n) is 5.70. The van der Waals surface area contributed by atoms with Gasteiger partial charge in [0.25, 0.3) is 0 Å². The molecule has 2 aliphatic rings. The molecule has 0 aromatic carbocycles. The van der Waals surface area contributed by atoms with E-state index >= 15 is 0 Å². The van der Waals surface area contributed by atoms with Gasteiger partial charge >= 0.3 is 5.97 Å². The normalized spacial score (nSPS) is 25.3. The maximum absolute atomic E-state index is 11.8. The number of rotatable bonds is 5. The van der Waals surface area contributed by atoms with E-state index < -0.39 is 6.10 Å². The minimum atomic E-state index is -0.468. The lowest BCUT2D eigenvalue weighted by molar-refractivity contribution is -0.151. The van der Waals surface area contributed by atoms with Gasteiger partial charge in [0.05, 0.1) is 19.1 Å². The highest BCUT2D eigenvalue weighted by atomic mass is 16.5. The van der Waals surface area contributed by atoms with Crippen LogP contribution in [0.2, 0.25) is 0 Å². The molecule has 0 bridgehead atoms. The summed E-state index contributed by atoms with van der Waals surface area (Å²) >= 11 is 0. The minimum Gasteiger partial charge on any atom is -0.469 e. The first-order valence-electron chi connectivity index (χ1n) is 6.98.